The quantitative estimate of drug-likeness (QED) is 0.811. The lowest BCUT2D eigenvalue weighted by molar-refractivity contribution is -0.118. The Bertz CT molecular complexity index is 665. The number of aliphatic hydroxyl groups is 1. The van der Waals surface area contributed by atoms with Gasteiger partial charge in [-0.05, 0) is 31.0 Å². The van der Waals surface area contributed by atoms with Crippen LogP contribution in [0.5, 0.6) is 5.75 Å². The standard InChI is InChI=1S/C13H16N2O5S/c16-9-3-5-15(6-4-9)21(18,19)10-1-2-12-11(7-10)14-13(17)8-20-12/h1-2,7,9,16H,3-6,8H2,(H,14,17). The molecule has 2 heterocycles. The fourth-order valence-corrected chi connectivity index (χ4v) is 3.95. The lowest BCUT2D eigenvalue weighted by atomic mass is 10.1. The summed E-state index contributed by atoms with van der Waals surface area (Å²) in [5.41, 5.74) is 0.365. The molecule has 1 amide bonds. The molecule has 8 heteroatoms. The fraction of sp³-hybridized carbons (Fsp3) is 0.462. The van der Waals surface area contributed by atoms with Gasteiger partial charge in [0.05, 0.1) is 16.7 Å². The summed E-state index contributed by atoms with van der Waals surface area (Å²) >= 11 is 0. The van der Waals surface area contributed by atoms with Crippen LogP contribution in [0.15, 0.2) is 23.1 Å². The number of anilines is 1. The number of ether oxygens (including phenoxy) is 1. The first-order valence-electron chi connectivity index (χ1n) is 6.72. The summed E-state index contributed by atoms with van der Waals surface area (Å²) in [7, 11) is -3.62. The Kier molecular flexibility index (Phi) is 3.60. The van der Waals surface area contributed by atoms with E-state index in [-0.39, 0.29) is 17.4 Å². The largest absolute Gasteiger partial charge is 0.482 e. The number of amides is 1. The second-order valence-corrected chi connectivity index (χ2v) is 7.07. The number of hydrogen-bond donors (Lipinski definition) is 2. The van der Waals surface area contributed by atoms with Gasteiger partial charge in [0.1, 0.15) is 5.75 Å². The van der Waals surface area contributed by atoms with Crippen LogP contribution in [0, 0.1) is 0 Å². The molecule has 0 radical (unpaired) electrons. The Labute approximate surface area is 122 Å². The van der Waals surface area contributed by atoms with Crippen molar-refractivity contribution in [3.8, 4) is 5.75 Å². The van der Waals surface area contributed by atoms with Crippen LogP contribution in [0.25, 0.3) is 0 Å². The van der Waals surface area contributed by atoms with Crippen molar-refractivity contribution < 1.29 is 23.1 Å². The second-order valence-electron chi connectivity index (χ2n) is 5.13. The summed E-state index contributed by atoms with van der Waals surface area (Å²) in [6.45, 7) is 0.524. The molecule has 0 saturated carbocycles. The van der Waals surface area contributed by atoms with E-state index in [1.807, 2.05) is 0 Å². The van der Waals surface area contributed by atoms with E-state index >= 15 is 0 Å². The van der Waals surface area contributed by atoms with Gasteiger partial charge in [0.2, 0.25) is 10.0 Å². The maximum atomic E-state index is 12.6. The molecular formula is C13H16N2O5S. The molecule has 1 aromatic carbocycles. The molecule has 0 aromatic heterocycles. The number of nitrogens with zero attached hydrogens (tertiary/aromatic N) is 1. The van der Waals surface area contributed by atoms with Gasteiger partial charge in [-0.15, -0.1) is 0 Å². The van der Waals surface area contributed by atoms with Crippen LogP contribution in [-0.2, 0) is 14.8 Å². The monoisotopic (exact) mass is 312 g/mol. The third-order valence-corrected chi connectivity index (χ3v) is 5.54. The van der Waals surface area contributed by atoms with Crippen molar-refractivity contribution in [3.63, 3.8) is 0 Å². The molecule has 2 aliphatic heterocycles. The van der Waals surface area contributed by atoms with E-state index in [0.29, 0.717) is 37.4 Å². The zero-order chi connectivity index (χ0) is 15.0. The zero-order valence-corrected chi connectivity index (χ0v) is 12.1. The van der Waals surface area contributed by atoms with E-state index in [4.69, 9.17) is 4.74 Å². The summed E-state index contributed by atoms with van der Waals surface area (Å²) in [6, 6.07) is 4.42. The van der Waals surface area contributed by atoms with E-state index < -0.39 is 16.1 Å². The number of carbonyl (C=O) groups excluding carboxylic acids is 1. The number of benzene rings is 1. The number of fused-ring (bicyclic) bond motifs is 1. The van der Waals surface area contributed by atoms with Crippen molar-refractivity contribution in [3.05, 3.63) is 18.2 Å². The van der Waals surface area contributed by atoms with Gasteiger partial charge >= 0.3 is 0 Å². The van der Waals surface area contributed by atoms with Gasteiger partial charge in [-0.2, -0.15) is 4.31 Å². The van der Waals surface area contributed by atoms with Crippen LogP contribution in [-0.4, -0.2) is 49.5 Å². The third kappa shape index (κ3) is 2.74. The van der Waals surface area contributed by atoms with Gasteiger partial charge < -0.3 is 15.2 Å². The Morgan fingerprint density at radius 1 is 1.29 bits per heavy atom. The van der Waals surface area contributed by atoms with Gasteiger partial charge in [-0.25, -0.2) is 8.42 Å². The zero-order valence-electron chi connectivity index (χ0n) is 11.3. The first-order valence-corrected chi connectivity index (χ1v) is 8.16. The Hall–Kier alpha value is -1.64. The Balaban J connectivity index is 1.89. The van der Waals surface area contributed by atoms with Gasteiger partial charge in [0, 0.05) is 13.1 Å². The van der Waals surface area contributed by atoms with Crippen molar-refractivity contribution in [1.29, 1.82) is 0 Å². The van der Waals surface area contributed by atoms with Gasteiger partial charge in [0.25, 0.3) is 5.91 Å². The molecule has 1 aromatic rings. The highest BCUT2D eigenvalue weighted by molar-refractivity contribution is 7.89. The summed E-state index contributed by atoms with van der Waals surface area (Å²) < 4.78 is 31.7. The number of piperidine rings is 1. The van der Waals surface area contributed by atoms with E-state index in [2.05, 4.69) is 5.32 Å². The molecule has 1 saturated heterocycles. The summed E-state index contributed by atoms with van der Waals surface area (Å²) in [6.07, 6.45) is 0.432. The summed E-state index contributed by atoms with van der Waals surface area (Å²) in [5, 5.41) is 12.1. The molecule has 0 aliphatic carbocycles. The predicted octanol–water partition coefficient (Wildman–Crippen LogP) is 0.163. The highest BCUT2D eigenvalue weighted by Gasteiger charge is 2.29. The smallest absolute Gasteiger partial charge is 0.262 e. The third-order valence-electron chi connectivity index (χ3n) is 3.65. The minimum atomic E-state index is -3.62. The SMILES string of the molecule is O=C1COc2ccc(S(=O)(=O)N3CCC(O)CC3)cc2N1. The number of carbonyl (C=O) groups is 1. The van der Waals surface area contributed by atoms with E-state index in [1.54, 1.807) is 6.07 Å². The maximum absolute atomic E-state index is 12.6. The van der Waals surface area contributed by atoms with Crippen molar-refractivity contribution in [2.45, 2.75) is 23.8 Å². The molecule has 3 rings (SSSR count). The molecule has 0 spiro atoms. The van der Waals surface area contributed by atoms with Crippen LogP contribution >= 0.6 is 0 Å². The van der Waals surface area contributed by atoms with Crippen LogP contribution < -0.4 is 10.1 Å². The molecule has 0 unspecified atom stereocenters. The highest BCUT2D eigenvalue weighted by Crippen LogP contribution is 2.31. The van der Waals surface area contributed by atoms with Crippen LogP contribution in [0.2, 0.25) is 0 Å². The number of sulfonamides is 1. The average molecular weight is 312 g/mol. The number of nitrogens with one attached hydrogen (secondary N) is 1. The maximum Gasteiger partial charge on any atom is 0.262 e. The molecule has 2 aliphatic rings. The number of hydrogen-bond acceptors (Lipinski definition) is 5. The first kappa shape index (κ1) is 14.3. The van der Waals surface area contributed by atoms with Crippen molar-refractivity contribution in [2.24, 2.45) is 0 Å². The van der Waals surface area contributed by atoms with Crippen molar-refractivity contribution in [1.82, 2.24) is 4.31 Å². The second kappa shape index (κ2) is 5.28. The Morgan fingerprint density at radius 3 is 2.71 bits per heavy atom. The minimum absolute atomic E-state index is 0.0664. The molecule has 114 valence electrons. The highest BCUT2D eigenvalue weighted by atomic mass is 32.2. The van der Waals surface area contributed by atoms with E-state index in [0.717, 1.165) is 0 Å². The van der Waals surface area contributed by atoms with Crippen LogP contribution in [0.1, 0.15) is 12.8 Å². The molecule has 0 atom stereocenters. The fourth-order valence-electron chi connectivity index (χ4n) is 2.45. The minimum Gasteiger partial charge on any atom is -0.482 e. The lowest BCUT2D eigenvalue weighted by Crippen LogP contribution is -2.40. The number of rotatable bonds is 2. The van der Waals surface area contributed by atoms with Crippen LogP contribution in [0.3, 0.4) is 0 Å². The normalized spacial score (nSPS) is 20.5. The number of aliphatic hydroxyl groups excluding tert-OH is 1. The average Bonchev–Trinajstić information content (AvgIpc) is 2.47. The Morgan fingerprint density at radius 2 is 2.00 bits per heavy atom. The molecular weight excluding hydrogens is 296 g/mol. The van der Waals surface area contributed by atoms with Crippen LogP contribution in [0.4, 0.5) is 5.69 Å². The van der Waals surface area contributed by atoms with Gasteiger partial charge in [-0.3, -0.25) is 4.79 Å². The molecule has 0 bridgehead atoms. The summed E-state index contributed by atoms with van der Waals surface area (Å²) in [4.78, 5) is 11.4. The summed E-state index contributed by atoms with van der Waals surface area (Å²) in [5.74, 6) is 0.153. The topological polar surface area (TPSA) is 95.9 Å². The predicted molar refractivity (Wildman–Crippen MR) is 74.6 cm³/mol. The lowest BCUT2D eigenvalue weighted by Gasteiger charge is -2.29. The molecule has 1 fully saturated rings. The molecule has 21 heavy (non-hydrogen) atoms. The van der Waals surface area contributed by atoms with E-state index in [1.165, 1.54) is 16.4 Å². The molecule has 7 nitrogen and oxygen atoms in total. The van der Waals surface area contributed by atoms with Crippen molar-refractivity contribution >= 4 is 21.6 Å². The first-order chi connectivity index (χ1) is 9.96. The molecule has 2 N–H and O–H groups in total. The van der Waals surface area contributed by atoms with Gasteiger partial charge in [-0.1, -0.05) is 0 Å². The van der Waals surface area contributed by atoms with Gasteiger partial charge in [0.15, 0.2) is 6.61 Å². The van der Waals surface area contributed by atoms with Crippen molar-refractivity contribution in [2.75, 3.05) is 25.0 Å². The van der Waals surface area contributed by atoms with E-state index in [9.17, 15) is 18.3 Å².